The highest BCUT2D eigenvalue weighted by molar-refractivity contribution is 6.33. The van der Waals surface area contributed by atoms with Gasteiger partial charge in [0.15, 0.2) is 16.1 Å². The first-order valence-corrected chi connectivity index (χ1v) is 5.84. The molecule has 0 aliphatic carbocycles. The van der Waals surface area contributed by atoms with Crippen LogP contribution in [-0.2, 0) is 0 Å². The maximum Gasteiger partial charge on any atom is 0.172 e. The summed E-state index contributed by atoms with van der Waals surface area (Å²) in [4.78, 5) is 10.4. The van der Waals surface area contributed by atoms with Crippen LogP contribution in [0.5, 0.6) is 0 Å². The summed E-state index contributed by atoms with van der Waals surface area (Å²) < 4.78 is 0. The Morgan fingerprint density at radius 3 is 2.38 bits per heavy atom. The molecule has 6 heteroatoms. The van der Waals surface area contributed by atoms with Crippen LogP contribution >= 0.6 is 23.2 Å². The van der Waals surface area contributed by atoms with Crippen LogP contribution in [0, 0.1) is 12.3 Å². The van der Waals surface area contributed by atoms with Crippen molar-refractivity contribution in [3.63, 3.8) is 0 Å². The van der Waals surface area contributed by atoms with Crippen LogP contribution in [0.4, 0.5) is 5.82 Å². The maximum absolute atomic E-state index is 7.55. The number of hydrogen-bond donors (Lipinski definition) is 1. The summed E-state index contributed by atoms with van der Waals surface area (Å²) in [5.41, 5.74) is 1.42. The predicted octanol–water partition coefficient (Wildman–Crippen LogP) is 2.71. The average Bonchev–Trinajstić information content (AvgIpc) is 2.25. The van der Waals surface area contributed by atoms with Crippen LogP contribution in [0.1, 0.15) is 18.5 Å². The maximum atomic E-state index is 7.55. The fraction of sp³-hybridized carbons (Fsp3) is 0.500. The molecular formula is C10H12Cl2N4. The van der Waals surface area contributed by atoms with Gasteiger partial charge in [0.1, 0.15) is 0 Å². The molecule has 4 nitrogen and oxygen atoms in total. The molecule has 16 heavy (non-hydrogen) atoms. The van der Waals surface area contributed by atoms with Crippen LogP contribution in [-0.4, -0.2) is 28.8 Å². The van der Waals surface area contributed by atoms with E-state index in [1.54, 1.807) is 6.92 Å². The summed E-state index contributed by atoms with van der Waals surface area (Å²) in [5, 5.41) is 8.32. The first-order valence-electron chi connectivity index (χ1n) is 5.09. The Labute approximate surface area is 104 Å². The Morgan fingerprint density at radius 2 is 1.75 bits per heavy atom. The minimum Gasteiger partial charge on any atom is -0.353 e. The Hall–Kier alpha value is -0.870. The van der Waals surface area contributed by atoms with E-state index in [4.69, 9.17) is 28.6 Å². The number of anilines is 1. The molecule has 0 amide bonds. The van der Waals surface area contributed by atoms with Crippen molar-refractivity contribution in [2.75, 3.05) is 18.0 Å². The van der Waals surface area contributed by atoms with Crippen LogP contribution in [0.25, 0.3) is 0 Å². The lowest BCUT2D eigenvalue weighted by Crippen LogP contribution is -2.34. The number of halogens is 2. The molecule has 1 aliphatic heterocycles. The van der Waals surface area contributed by atoms with Gasteiger partial charge < -0.3 is 10.3 Å². The summed E-state index contributed by atoms with van der Waals surface area (Å²) in [6, 6.07) is 0. The van der Waals surface area contributed by atoms with Gasteiger partial charge in [0, 0.05) is 31.6 Å². The molecule has 1 aromatic rings. The van der Waals surface area contributed by atoms with Crippen molar-refractivity contribution in [1.82, 2.24) is 9.97 Å². The fourth-order valence-corrected chi connectivity index (χ4v) is 2.06. The molecule has 0 unspecified atom stereocenters. The number of aromatic nitrogens is 2. The molecule has 0 atom stereocenters. The quantitative estimate of drug-likeness (QED) is 0.843. The van der Waals surface area contributed by atoms with E-state index in [-0.39, 0.29) is 0 Å². The van der Waals surface area contributed by atoms with E-state index in [1.807, 2.05) is 4.90 Å². The minimum absolute atomic E-state index is 0.385. The zero-order valence-corrected chi connectivity index (χ0v) is 10.4. The zero-order chi connectivity index (χ0) is 11.7. The van der Waals surface area contributed by atoms with E-state index in [0.717, 1.165) is 31.6 Å². The third-order valence-electron chi connectivity index (χ3n) is 2.62. The molecule has 0 aromatic carbocycles. The SMILES string of the molecule is Cc1nc(Cl)c(N2CCC(=N)CC2)nc1Cl. The summed E-state index contributed by atoms with van der Waals surface area (Å²) in [5.74, 6) is 0.629. The normalized spacial score (nSPS) is 16.7. The predicted molar refractivity (Wildman–Crippen MR) is 66.0 cm³/mol. The van der Waals surface area contributed by atoms with E-state index >= 15 is 0 Å². The van der Waals surface area contributed by atoms with Crippen molar-refractivity contribution in [1.29, 1.82) is 5.41 Å². The molecule has 2 rings (SSSR count). The van der Waals surface area contributed by atoms with Gasteiger partial charge in [-0.2, -0.15) is 0 Å². The molecule has 0 spiro atoms. The van der Waals surface area contributed by atoms with Gasteiger partial charge in [-0.1, -0.05) is 23.2 Å². The van der Waals surface area contributed by atoms with Crippen molar-refractivity contribution in [3.8, 4) is 0 Å². The molecule has 1 saturated heterocycles. The first kappa shape index (κ1) is 11.6. The van der Waals surface area contributed by atoms with E-state index < -0.39 is 0 Å². The lowest BCUT2D eigenvalue weighted by molar-refractivity contribution is 0.740. The lowest BCUT2D eigenvalue weighted by Gasteiger charge is -2.28. The molecule has 0 bridgehead atoms. The molecular weight excluding hydrogens is 247 g/mol. The number of nitrogens with one attached hydrogen (secondary N) is 1. The number of rotatable bonds is 1. The summed E-state index contributed by atoms with van der Waals surface area (Å²) in [6.07, 6.45) is 1.51. The Morgan fingerprint density at radius 1 is 1.12 bits per heavy atom. The van der Waals surface area contributed by atoms with E-state index in [2.05, 4.69) is 9.97 Å². The number of hydrogen-bond acceptors (Lipinski definition) is 4. The van der Waals surface area contributed by atoms with Gasteiger partial charge in [-0.15, -0.1) is 0 Å². The van der Waals surface area contributed by atoms with Crippen LogP contribution in [0.15, 0.2) is 0 Å². The van der Waals surface area contributed by atoms with Gasteiger partial charge in [0.25, 0.3) is 0 Å². The standard InChI is InChI=1S/C10H12Cl2N4/c1-6-8(11)15-10(9(12)14-6)16-4-2-7(13)3-5-16/h13H,2-5H2,1H3. The van der Waals surface area contributed by atoms with Gasteiger partial charge in [-0.3, -0.25) is 0 Å². The summed E-state index contributed by atoms with van der Waals surface area (Å²) in [7, 11) is 0. The van der Waals surface area contributed by atoms with E-state index in [9.17, 15) is 0 Å². The zero-order valence-electron chi connectivity index (χ0n) is 8.93. The molecule has 1 aliphatic rings. The van der Waals surface area contributed by atoms with Crippen LogP contribution in [0.3, 0.4) is 0 Å². The van der Waals surface area contributed by atoms with Crippen LogP contribution in [0.2, 0.25) is 10.3 Å². The molecule has 1 fully saturated rings. The second-order valence-corrected chi connectivity index (χ2v) is 4.52. The largest absolute Gasteiger partial charge is 0.353 e. The number of nitrogens with zero attached hydrogens (tertiary/aromatic N) is 3. The van der Waals surface area contributed by atoms with Crippen molar-refractivity contribution < 1.29 is 0 Å². The Kier molecular flexibility index (Phi) is 3.30. The Bertz CT molecular complexity index is 423. The molecule has 1 N–H and O–H groups in total. The molecule has 2 heterocycles. The van der Waals surface area contributed by atoms with Crippen molar-refractivity contribution in [2.24, 2.45) is 0 Å². The second-order valence-electron chi connectivity index (χ2n) is 3.80. The van der Waals surface area contributed by atoms with Gasteiger partial charge in [-0.25, -0.2) is 9.97 Å². The summed E-state index contributed by atoms with van der Waals surface area (Å²) >= 11 is 12.0. The third-order valence-corrected chi connectivity index (χ3v) is 3.23. The molecule has 0 saturated carbocycles. The lowest BCUT2D eigenvalue weighted by atomic mass is 10.1. The minimum atomic E-state index is 0.385. The highest BCUT2D eigenvalue weighted by Crippen LogP contribution is 2.26. The Balaban J connectivity index is 2.26. The highest BCUT2D eigenvalue weighted by Gasteiger charge is 2.19. The molecule has 86 valence electrons. The topological polar surface area (TPSA) is 52.9 Å². The molecule has 0 radical (unpaired) electrons. The molecule has 1 aromatic heterocycles. The average molecular weight is 259 g/mol. The number of aryl methyl sites for hydroxylation is 1. The smallest absolute Gasteiger partial charge is 0.172 e. The first-order chi connectivity index (χ1) is 7.58. The van der Waals surface area contributed by atoms with E-state index in [1.165, 1.54) is 0 Å². The highest BCUT2D eigenvalue weighted by atomic mass is 35.5. The second kappa shape index (κ2) is 4.55. The monoisotopic (exact) mass is 258 g/mol. The van der Waals surface area contributed by atoms with Crippen molar-refractivity contribution in [2.45, 2.75) is 19.8 Å². The van der Waals surface area contributed by atoms with E-state index in [0.29, 0.717) is 21.8 Å². The third kappa shape index (κ3) is 2.28. The van der Waals surface area contributed by atoms with Crippen molar-refractivity contribution >= 4 is 34.7 Å². The summed E-state index contributed by atoms with van der Waals surface area (Å²) in [6.45, 7) is 3.29. The van der Waals surface area contributed by atoms with Gasteiger partial charge in [0.2, 0.25) is 0 Å². The fourth-order valence-electron chi connectivity index (χ4n) is 1.65. The van der Waals surface area contributed by atoms with Crippen LogP contribution < -0.4 is 4.90 Å². The van der Waals surface area contributed by atoms with Gasteiger partial charge >= 0.3 is 0 Å². The van der Waals surface area contributed by atoms with Crippen molar-refractivity contribution in [3.05, 3.63) is 16.0 Å². The van der Waals surface area contributed by atoms with Gasteiger partial charge in [-0.05, 0) is 6.92 Å². The number of piperidine rings is 1. The van der Waals surface area contributed by atoms with Gasteiger partial charge in [0.05, 0.1) is 5.69 Å².